The van der Waals surface area contributed by atoms with Crippen LogP contribution in [0.15, 0.2) is 23.8 Å². The minimum atomic E-state index is -0.850. The topological polar surface area (TPSA) is 54.4 Å². The van der Waals surface area contributed by atoms with Gasteiger partial charge < -0.3 is 5.11 Å². The Morgan fingerprint density at radius 1 is 1.09 bits per heavy atom. The van der Waals surface area contributed by atoms with Gasteiger partial charge in [-0.25, -0.2) is 0 Å². The molecule has 0 unspecified atom stereocenters. The predicted octanol–water partition coefficient (Wildman–Crippen LogP) is 2.98. The molecular formula is C19H24O3. The number of hydrogen-bond acceptors (Lipinski definition) is 3. The highest BCUT2D eigenvalue weighted by atomic mass is 16.3. The number of aliphatic hydroxyl groups is 1. The van der Waals surface area contributed by atoms with E-state index in [-0.39, 0.29) is 22.9 Å². The van der Waals surface area contributed by atoms with Crippen molar-refractivity contribution in [1.29, 1.82) is 0 Å². The molecule has 0 saturated heterocycles. The van der Waals surface area contributed by atoms with Crippen molar-refractivity contribution in [3.05, 3.63) is 23.8 Å². The van der Waals surface area contributed by atoms with E-state index in [1.54, 1.807) is 12.2 Å². The second-order valence-electron chi connectivity index (χ2n) is 8.16. The molecule has 0 radical (unpaired) electrons. The summed E-state index contributed by atoms with van der Waals surface area (Å²) in [5.41, 5.74) is -0.311. The number of hydrogen-bond donors (Lipinski definition) is 1. The Bertz CT molecular complexity index is 631. The van der Waals surface area contributed by atoms with Gasteiger partial charge in [0.05, 0.1) is 11.0 Å². The van der Waals surface area contributed by atoms with Crippen LogP contribution in [0, 0.1) is 22.7 Å². The molecule has 3 saturated carbocycles. The molecule has 4 rings (SSSR count). The van der Waals surface area contributed by atoms with E-state index in [4.69, 9.17) is 0 Å². The van der Waals surface area contributed by atoms with Crippen LogP contribution in [0.2, 0.25) is 0 Å². The molecule has 0 aromatic heterocycles. The summed E-state index contributed by atoms with van der Waals surface area (Å²) >= 11 is 0. The average Bonchev–Trinajstić information content (AvgIpc) is 2.72. The number of ketones is 2. The summed E-state index contributed by atoms with van der Waals surface area (Å²) in [6, 6.07) is 0. The van der Waals surface area contributed by atoms with E-state index in [0.29, 0.717) is 18.8 Å². The second kappa shape index (κ2) is 4.19. The van der Waals surface area contributed by atoms with Gasteiger partial charge in [0, 0.05) is 11.8 Å². The SMILES string of the molecule is C[C@]12C=CC(=O)C=C1CC[C@@H]1[C@@H]2CC[C@]2(C)C(=O)CC[C@]12O. The van der Waals surface area contributed by atoms with Gasteiger partial charge >= 0.3 is 0 Å². The van der Waals surface area contributed by atoms with Crippen LogP contribution in [0.25, 0.3) is 0 Å². The van der Waals surface area contributed by atoms with E-state index in [1.165, 1.54) is 5.57 Å². The number of carbonyl (C=O) groups excluding carboxylic acids is 2. The predicted molar refractivity (Wildman–Crippen MR) is 83.1 cm³/mol. The molecule has 22 heavy (non-hydrogen) atoms. The van der Waals surface area contributed by atoms with E-state index >= 15 is 0 Å². The standard InChI is InChI=1S/C19H24O3/c1-17-8-5-13(20)11-12(17)3-4-15-14(17)6-9-18(2)16(21)7-10-19(15,18)22/h5,8,11,14-15,22H,3-4,6-7,9-10H2,1-2H3/t14-,15+,17-,18+,19-/m0/s1. The number of rotatable bonds is 0. The minimum Gasteiger partial charge on any atom is -0.389 e. The van der Waals surface area contributed by atoms with Gasteiger partial charge in [-0.1, -0.05) is 18.6 Å². The molecule has 5 atom stereocenters. The van der Waals surface area contributed by atoms with E-state index in [2.05, 4.69) is 13.0 Å². The van der Waals surface area contributed by atoms with Crippen LogP contribution in [0.3, 0.4) is 0 Å². The van der Waals surface area contributed by atoms with Gasteiger partial charge in [0.25, 0.3) is 0 Å². The molecule has 0 heterocycles. The summed E-state index contributed by atoms with van der Waals surface area (Å²) in [5, 5.41) is 11.5. The fraction of sp³-hybridized carbons (Fsp3) is 0.684. The smallest absolute Gasteiger partial charge is 0.178 e. The van der Waals surface area contributed by atoms with E-state index in [0.717, 1.165) is 25.7 Å². The van der Waals surface area contributed by atoms with Crippen LogP contribution < -0.4 is 0 Å². The lowest BCUT2D eigenvalue weighted by Gasteiger charge is -2.59. The van der Waals surface area contributed by atoms with E-state index in [9.17, 15) is 14.7 Å². The summed E-state index contributed by atoms with van der Waals surface area (Å²) in [6.07, 6.45) is 10.2. The molecule has 0 aromatic carbocycles. The maximum Gasteiger partial charge on any atom is 0.178 e. The van der Waals surface area contributed by atoms with Crippen molar-refractivity contribution in [2.75, 3.05) is 0 Å². The Labute approximate surface area is 131 Å². The molecule has 4 aliphatic rings. The summed E-state index contributed by atoms with van der Waals surface area (Å²) in [7, 11) is 0. The van der Waals surface area contributed by atoms with E-state index < -0.39 is 11.0 Å². The van der Waals surface area contributed by atoms with Crippen LogP contribution in [0.4, 0.5) is 0 Å². The zero-order chi connectivity index (χ0) is 15.8. The number of allylic oxidation sites excluding steroid dienone is 4. The minimum absolute atomic E-state index is 0.0846. The van der Waals surface area contributed by atoms with Crippen molar-refractivity contribution >= 4 is 11.6 Å². The summed E-state index contributed by atoms with van der Waals surface area (Å²) < 4.78 is 0. The Hall–Kier alpha value is -1.22. The lowest BCUT2D eigenvalue weighted by molar-refractivity contribution is -0.174. The zero-order valence-corrected chi connectivity index (χ0v) is 13.4. The molecule has 0 aliphatic heterocycles. The second-order valence-corrected chi connectivity index (χ2v) is 8.16. The van der Waals surface area contributed by atoms with Crippen LogP contribution in [0.1, 0.15) is 52.4 Å². The van der Waals surface area contributed by atoms with Crippen molar-refractivity contribution in [3.8, 4) is 0 Å². The van der Waals surface area contributed by atoms with Gasteiger partial charge in [0.1, 0.15) is 5.78 Å². The Balaban J connectivity index is 1.78. The molecule has 1 N–H and O–H groups in total. The van der Waals surface area contributed by atoms with Crippen LogP contribution in [0.5, 0.6) is 0 Å². The van der Waals surface area contributed by atoms with Crippen LogP contribution >= 0.6 is 0 Å². The van der Waals surface area contributed by atoms with Crippen LogP contribution in [-0.4, -0.2) is 22.3 Å². The van der Waals surface area contributed by atoms with Gasteiger partial charge in [-0.15, -0.1) is 0 Å². The Morgan fingerprint density at radius 2 is 1.86 bits per heavy atom. The molecule has 3 fully saturated rings. The first-order valence-electron chi connectivity index (χ1n) is 8.51. The highest BCUT2D eigenvalue weighted by molar-refractivity contribution is 6.01. The van der Waals surface area contributed by atoms with Crippen molar-refractivity contribution in [3.63, 3.8) is 0 Å². The van der Waals surface area contributed by atoms with Gasteiger partial charge in [0.15, 0.2) is 5.78 Å². The molecule has 0 aromatic rings. The summed E-state index contributed by atoms with van der Waals surface area (Å²) in [6.45, 7) is 4.19. The summed E-state index contributed by atoms with van der Waals surface area (Å²) in [4.78, 5) is 24.1. The van der Waals surface area contributed by atoms with Crippen molar-refractivity contribution in [2.24, 2.45) is 22.7 Å². The fourth-order valence-electron chi connectivity index (χ4n) is 5.94. The first kappa shape index (κ1) is 14.4. The van der Waals surface area contributed by atoms with Crippen LogP contribution in [-0.2, 0) is 9.59 Å². The van der Waals surface area contributed by atoms with Gasteiger partial charge in [-0.3, -0.25) is 9.59 Å². The maximum atomic E-state index is 12.4. The van der Waals surface area contributed by atoms with Gasteiger partial charge in [0.2, 0.25) is 0 Å². The fourth-order valence-corrected chi connectivity index (χ4v) is 5.94. The van der Waals surface area contributed by atoms with E-state index in [1.807, 2.05) is 6.92 Å². The van der Waals surface area contributed by atoms with Gasteiger partial charge in [-0.2, -0.15) is 0 Å². The molecule has 118 valence electrons. The highest BCUT2D eigenvalue weighted by Crippen LogP contribution is 2.65. The zero-order valence-electron chi connectivity index (χ0n) is 13.4. The van der Waals surface area contributed by atoms with Gasteiger partial charge in [-0.05, 0) is 63.0 Å². The first-order chi connectivity index (χ1) is 10.3. The molecule has 0 amide bonds. The third kappa shape index (κ3) is 1.51. The third-order valence-electron chi connectivity index (χ3n) is 7.46. The number of fused-ring (bicyclic) bond motifs is 5. The molecule has 0 bridgehead atoms. The molecule has 3 nitrogen and oxygen atoms in total. The number of carbonyl (C=O) groups is 2. The average molecular weight is 300 g/mol. The van der Waals surface area contributed by atoms with Crippen molar-refractivity contribution in [1.82, 2.24) is 0 Å². The Kier molecular flexibility index (Phi) is 2.74. The molecule has 0 spiro atoms. The molecule has 3 heteroatoms. The Morgan fingerprint density at radius 3 is 2.64 bits per heavy atom. The molecular weight excluding hydrogens is 276 g/mol. The monoisotopic (exact) mass is 300 g/mol. The first-order valence-corrected chi connectivity index (χ1v) is 8.51. The normalized spacial score (nSPS) is 50.2. The third-order valence-corrected chi connectivity index (χ3v) is 7.46. The quantitative estimate of drug-likeness (QED) is 0.748. The number of Topliss-reactive ketones (excluding diaryl/α,β-unsaturated/α-hetero) is 1. The molecule has 4 aliphatic carbocycles. The highest BCUT2D eigenvalue weighted by Gasteiger charge is 2.66. The largest absolute Gasteiger partial charge is 0.389 e. The van der Waals surface area contributed by atoms with Crippen molar-refractivity contribution < 1.29 is 14.7 Å². The maximum absolute atomic E-state index is 12.4. The lowest BCUT2D eigenvalue weighted by atomic mass is 9.47. The lowest BCUT2D eigenvalue weighted by Crippen LogP contribution is -2.60. The van der Waals surface area contributed by atoms with Crippen molar-refractivity contribution in [2.45, 2.75) is 58.0 Å². The summed E-state index contributed by atoms with van der Waals surface area (Å²) in [5.74, 6) is 0.828.